The number of nitrogens with zero attached hydrogens (tertiary/aromatic N) is 2. The summed E-state index contributed by atoms with van der Waals surface area (Å²) < 4.78 is 4.44. The highest BCUT2D eigenvalue weighted by atomic mass is 16.7. The van der Waals surface area contributed by atoms with E-state index in [4.69, 9.17) is 0 Å². The summed E-state index contributed by atoms with van der Waals surface area (Å²) in [5.74, 6) is -0.351. The molecule has 1 heterocycles. The summed E-state index contributed by atoms with van der Waals surface area (Å²) in [6.45, 7) is 2.02. The topological polar surface area (TPSA) is 95.0 Å². The van der Waals surface area contributed by atoms with Crippen molar-refractivity contribution in [2.45, 2.75) is 32.6 Å². The van der Waals surface area contributed by atoms with Crippen LogP contribution in [-0.2, 0) is 6.42 Å². The SMILES string of the molecule is CCCCCc1c([N+](=O)[O-])[nH]o[n+]1=O. The van der Waals surface area contributed by atoms with Crippen LogP contribution in [0.1, 0.15) is 31.9 Å². The summed E-state index contributed by atoms with van der Waals surface area (Å²) in [5.41, 5.74) is 0.0588. The van der Waals surface area contributed by atoms with E-state index in [0.29, 0.717) is 6.42 Å². The van der Waals surface area contributed by atoms with Crippen molar-refractivity contribution in [3.05, 3.63) is 20.7 Å². The normalized spacial score (nSPS) is 10.4. The average molecular weight is 202 g/mol. The Balaban J connectivity index is 2.78. The summed E-state index contributed by atoms with van der Waals surface area (Å²) in [7, 11) is 0. The Bertz CT molecular complexity index is 367. The molecule has 1 rings (SSSR count). The largest absolute Gasteiger partial charge is 0.410 e. The van der Waals surface area contributed by atoms with Crippen LogP contribution in [0.2, 0.25) is 0 Å². The Morgan fingerprint density at radius 1 is 1.57 bits per heavy atom. The molecule has 0 aliphatic carbocycles. The monoisotopic (exact) mass is 202 g/mol. The number of nitro groups is 1. The molecule has 0 spiro atoms. The minimum atomic E-state index is -0.654. The number of H-pyrrole nitrogens is 1. The van der Waals surface area contributed by atoms with Crippen molar-refractivity contribution in [1.29, 1.82) is 0 Å². The van der Waals surface area contributed by atoms with E-state index in [1.807, 2.05) is 12.1 Å². The molecular formula is C7H12N3O4+. The van der Waals surface area contributed by atoms with Gasteiger partial charge in [0.1, 0.15) is 0 Å². The zero-order chi connectivity index (χ0) is 10.6. The smallest absolute Gasteiger partial charge is 0.358 e. The molecular weight excluding hydrogens is 190 g/mol. The molecule has 0 saturated heterocycles. The molecule has 0 atom stereocenters. The van der Waals surface area contributed by atoms with Gasteiger partial charge in [0.15, 0.2) is 4.60 Å². The third-order valence-electron chi connectivity index (χ3n) is 1.92. The maximum absolute atomic E-state index is 11.0. The predicted octanol–water partition coefficient (Wildman–Crippen LogP) is 1.16. The number of rotatable bonds is 5. The molecule has 7 nitrogen and oxygen atoms in total. The Morgan fingerprint density at radius 2 is 2.29 bits per heavy atom. The van der Waals surface area contributed by atoms with Gasteiger partial charge < -0.3 is 10.1 Å². The van der Waals surface area contributed by atoms with Crippen LogP contribution >= 0.6 is 0 Å². The van der Waals surface area contributed by atoms with Gasteiger partial charge in [-0.25, -0.2) is 0 Å². The molecule has 0 amide bonds. The van der Waals surface area contributed by atoms with E-state index in [2.05, 4.69) is 4.63 Å². The Morgan fingerprint density at radius 3 is 2.86 bits per heavy atom. The van der Waals surface area contributed by atoms with Crippen molar-refractivity contribution in [3.63, 3.8) is 0 Å². The van der Waals surface area contributed by atoms with Gasteiger partial charge in [0, 0.05) is 6.42 Å². The first-order chi connectivity index (χ1) is 6.66. The molecule has 0 aliphatic rings. The highest BCUT2D eigenvalue weighted by Gasteiger charge is 2.24. The van der Waals surface area contributed by atoms with Crippen LogP contribution in [0.4, 0.5) is 5.82 Å². The van der Waals surface area contributed by atoms with Gasteiger partial charge in [0.2, 0.25) is 0 Å². The van der Waals surface area contributed by atoms with Gasteiger partial charge in [0.25, 0.3) is 5.69 Å². The van der Waals surface area contributed by atoms with Gasteiger partial charge in [-0.05, 0) is 21.4 Å². The molecule has 0 fully saturated rings. The summed E-state index contributed by atoms with van der Waals surface area (Å²) >= 11 is 0. The molecule has 0 unspecified atom stereocenters. The van der Waals surface area contributed by atoms with Gasteiger partial charge in [-0.1, -0.05) is 24.4 Å². The van der Waals surface area contributed by atoms with Crippen LogP contribution in [-0.4, -0.2) is 10.1 Å². The fraction of sp³-hybridized carbons (Fsp3) is 0.714. The van der Waals surface area contributed by atoms with Gasteiger partial charge in [-0.2, -0.15) is 0 Å². The minimum Gasteiger partial charge on any atom is -0.358 e. The molecule has 1 N–H and O–H groups in total. The number of nitrogens with one attached hydrogen (secondary N) is 1. The second-order valence-corrected chi connectivity index (χ2v) is 2.96. The quantitative estimate of drug-likeness (QED) is 0.440. The summed E-state index contributed by atoms with van der Waals surface area (Å²) in [5, 5.41) is 12.4. The van der Waals surface area contributed by atoms with Crippen LogP contribution in [0.5, 0.6) is 0 Å². The molecule has 0 aromatic carbocycles. The first kappa shape index (κ1) is 10.4. The van der Waals surface area contributed by atoms with Gasteiger partial charge >= 0.3 is 5.82 Å². The lowest BCUT2D eigenvalue weighted by Gasteiger charge is -1.91. The minimum absolute atomic E-state index is 0.0588. The lowest BCUT2D eigenvalue weighted by molar-refractivity contribution is -0.719. The molecule has 1 aromatic rings. The molecule has 0 bridgehead atoms. The number of hydrogen-bond donors (Lipinski definition) is 1. The van der Waals surface area contributed by atoms with E-state index in [1.165, 1.54) is 0 Å². The highest BCUT2D eigenvalue weighted by molar-refractivity contribution is 5.18. The van der Waals surface area contributed by atoms with Crippen LogP contribution in [0.15, 0.2) is 4.63 Å². The van der Waals surface area contributed by atoms with Crippen molar-refractivity contribution >= 4 is 5.82 Å². The van der Waals surface area contributed by atoms with Crippen LogP contribution in [0.3, 0.4) is 0 Å². The van der Waals surface area contributed by atoms with Crippen molar-refractivity contribution in [2.24, 2.45) is 0 Å². The number of aromatic nitrogens is 2. The van der Waals surface area contributed by atoms with E-state index in [-0.39, 0.29) is 16.1 Å². The van der Waals surface area contributed by atoms with E-state index >= 15 is 0 Å². The molecule has 14 heavy (non-hydrogen) atoms. The Hall–Kier alpha value is -1.66. The highest BCUT2D eigenvalue weighted by Crippen LogP contribution is 2.12. The number of unbranched alkanes of at least 4 members (excludes halogenated alkanes) is 2. The zero-order valence-electron chi connectivity index (χ0n) is 7.86. The van der Waals surface area contributed by atoms with Crippen molar-refractivity contribution in [3.8, 4) is 0 Å². The second kappa shape index (κ2) is 4.54. The van der Waals surface area contributed by atoms with E-state index < -0.39 is 4.92 Å². The van der Waals surface area contributed by atoms with E-state index in [9.17, 15) is 15.0 Å². The maximum atomic E-state index is 11.0. The second-order valence-electron chi connectivity index (χ2n) is 2.96. The lowest BCUT2D eigenvalue weighted by atomic mass is 10.1. The Labute approximate surface area is 79.4 Å². The zero-order valence-corrected chi connectivity index (χ0v) is 7.86. The van der Waals surface area contributed by atoms with E-state index in [1.54, 1.807) is 0 Å². The predicted molar refractivity (Wildman–Crippen MR) is 46.3 cm³/mol. The summed E-state index contributed by atoms with van der Waals surface area (Å²) in [4.78, 5) is 20.7. The molecule has 0 radical (unpaired) electrons. The molecule has 0 aliphatic heterocycles. The average Bonchev–Trinajstić information content (AvgIpc) is 2.48. The molecule has 1 aromatic heterocycles. The van der Waals surface area contributed by atoms with E-state index in [0.717, 1.165) is 19.3 Å². The standard InChI is InChI=1S/C7H12N3O4/c1-2-3-4-5-6-7(9(11)12)8-14-10(6)13/h8H,2-5H2,1H3/q+1. The summed E-state index contributed by atoms with van der Waals surface area (Å²) in [6.07, 6.45) is 3.03. The van der Waals surface area contributed by atoms with Crippen LogP contribution < -0.4 is 4.60 Å². The van der Waals surface area contributed by atoms with Gasteiger partial charge in [-0.15, -0.1) is 0 Å². The molecule has 0 saturated carbocycles. The lowest BCUT2D eigenvalue weighted by Crippen LogP contribution is -2.16. The Kier molecular flexibility index (Phi) is 3.38. The third kappa shape index (κ3) is 2.18. The molecule has 7 heteroatoms. The van der Waals surface area contributed by atoms with Crippen molar-refractivity contribution < 1.29 is 14.2 Å². The van der Waals surface area contributed by atoms with Crippen LogP contribution in [0.25, 0.3) is 0 Å². The maximum Gasteiger partial charge on any atom is 0.410 e. The fourth-order valence-corrected chi connectivity index (χ4v) is 1.18. The van der Waals surface area contributed by atoms with Crippen molar-refractivity contribution in [2.75, 3.05) is 0 Å². The van der Waals surface area contributed by atoms with Gasteiger partial charge in [0.05, 0.1) is 0 Å². The molecule has 78 valence electrons. The first-order valence-electron chi connectivity index (χ1n) is 4.44. The third-order valence-corrected chi connectivity index (χ3v) is 1.92. The van der Waals surface area contributed by atoms with Crippen LogP contribution in [0, 0.1) is 15.0 Å². The fourth-order valence-electron chi connectivity index (χ4n) is 1.18. The first-order valence-corrected chi connectivity index (χ1v) is 4.44. The number of aromatic amines is 1. The number of hydrogen-bond acceptors (Lipinski definition) is 4. The summed E-state index contributed by atoms with van der Waals surface area (Å²) in [6, 6.07) is 0. The van der Waals surface area contributed by atoms with Gasteiger partial charge in [-0.3, -0.25) is 0 Å². The van der Waals surface area contributed by atoms with Crippen molar-refractivity contribution in [1.82, 2.24) is 5.16 Å².